The van der Waals surface area contributed by atoms with Crippen LogP contribution in [-0.4, -0.2) is 37.9 Å². The van der Waals surface area contributed by atoms with Gasteiger partial charge in [0, 0.05) is 5.56 Å². The van der Waals surface area contributed by atoms with E-state index in [9.17, 15) is 9.18 Å². The Morgan fingerprint density at radius 1 is 1.12 bits per heavy atom. The predicted octanol–water partition coefficient (Wildman–Crippen LogP) is 1.59. The molecule has 0 saturated carbocycles. The van der Waals surface area contributed by atoms with Crippen molar-refractivity contribution in [1.29, 1.82) is 0 Å². The molecular weight excluding hydrogens is 333 g/mol. The number of halogens is 1. The third-order valence-electron chi connectivity index (χ3n) is 4.55. The van der Waals surface area contributed by atoms with Crippen LogP contribution >= 0.6 is 0 Å². The Labute approximate surface area is 152 Å². The van der Waals surface area contributed by atoms with Crippen LogP contribution in [0.15, 0.2) is 59.7 Å². The highest BCUT2D eigenvalue weighted by molar-refractivity contribution is 5.96. The maximum absolute atomic E-state index is 13.8. The summed E-state index contributed by atoms with van der Waals surface area (Å²) in [6.07, 6.45) is 0. The number of amides is 1. The Morgan fingerprint density at radius 2 is 1.77 bits per heavy atom. The van der Waals surface area contributed by atoms with Gasteiger partial charge in [-0.1, -0.05) is 42.5 Å². The summed E-state index contributed by atoms with van der Waals surface area (Å²) in [5, 5.41) is 4.28. The molecule has 2 N–H and O–H groups in total. The van der Waals surface area contributed by atoms with Crippen LogP contribution in [0.1, 0.15) is 28.9 Å². The van der Waals surface area contributed by atoms with Gasteiger partial charge in [0.1, 0.15) is 18.9 Å². The van der Waals surface area contributed by atoms with Crippen LogP contribution in [0.2, 0.25) is 0 Å². The number of benzene rings is 2. The predicted molar refractivity (Wildman–Crippen MR) is 97.7 cm³/mol. The van der Waals surface area contributed by atoms with Crippen molar-refractivity contribution in [2.75, 3.05) is 26.3 Å². The highest BCUT2D eigenvalue weighted by Crippen LogP contribution is 2.12. The molecule has 1 fully saturated rings. The van der Waals surface area contributed by atoms with E-state index >= 15 is 0 Å². The van der Waals surface area contributed by atoms with Crippen molar-refractivity contribution in [3.05, 3.63) is 71.5 Å². The molecule has 6 heteroatoms. The Morgan fingerprint density at radius 3 is 2.46 bits per heavy atom. The SMILES string of the molecule is C/C(=N/NC(=O)c1ccccc1F)[C@H](c1ccccc1)[NH+]1CCOCC1. The van der Waals surface area contributed by atoms with E-state index in [1.807, 2.05) is 25.1 Å². The molecule has 1 amide bonds. The molecule has 3 rings (SSSR count). The number of rotatable bonds is 5. The van der Waals surface area contributed by atoms with Crippen LogP contribution in [0, 0.1) is 5.82 Å². The van der Waals surface area contributed by atoms with Gasteiger partial charge in [0.15, 0.2) is 6.04 Å². The lowest BCUT2D eigenvalue weighted by molar-refractivity contribution is -0.928. The molecule has 2 aromatic rings. The highest BCUT2D eigenvalue weighted by atomic mass is 19.1. The van der Waals surface area contributed by atoms with E-state index in [1.165, 1.54) is 17.0 Å². The van der Waals surface area contributed by atoms with E-state index in [-0.39, 0.29) is 11.6 Å². The summed E-state index contributed by atoms with van der Waals surface area (Å²) in [6.45, 7) is 5.03. The van der Waals surface area contributed by atoms with Gasteiger partial charge in [0.25, 0.3) is 5.91 Å². The maximum Gasteiger partial charge on any atom is 0.274 e. The third kappa shape index (κ3) is 4.33. The van der Waals surface area contributed by atoms with Gasteiger partial charge in [0.05, 0.1) is 24.5 Å². The van der Waals surface area contributed by atoms with Gasteiger partial charge in [-0.25, -0.2) is 9.82 Å². The maximum atomic E-state index is 13.8. The van der Waals surface area contributed by atoms with Crippen molar-refractivity contribution in [2.45, 2.75) is 13.0 Å². The molecule has 1 heterocycles. The summed E-state index contributed by atoms with van der Waals surface area (Å²) in [5.41, 5.74) is 4.38. The first kappa shape index (κ1) is 18.2. The number of morpholine rings is 1. The minimum absolute atomic E-state index is 0.0148. The first-order valence-electron chi connectivity index (χ1n) is 8.73. The van der Waals surface area contributed by atoms with E-state index < -0.39 is 11.7 Å². The third-order valence-corrected chi connectivity index (χ3v) is 4.55. The molecule has 5 nitrogen and oxygen atoms in total. The van der Waals surface area contributed by atoms with Gasteiger partial charge in [-0.2, -0.15) is 5.10 Å². The van der Waals surface area contributed by atoms with Crippen LogP contribution in [0.25, 0.3) is 0 Å². The van der Waals surface area contributed by atoms with E-state index in [4.69, 9.17) is 4.74 Å². The van der Waals surface area contributed by atoms with Gasteiger partial charge in [-0.3, -0.25) is 4.79 Å². The second kappa shape index (κ2) is 8.69. The molecule has 0 radical (unpaired) electrons. The van der Waals surface area contributed by atoms with Crippen LogP contribution in [0.4, 0.5) is 4.39 Å². The van der Waals surface area contributed by atoms with E-state index in [2.05, 4.69) is 22.7 Å². The van der Waals surface area contributed by atoms with Gasteiger partial charge < -0.3 is 9.64 Å². The van der Waals surface area contributed by atoms with Crippen molar-refractivity contribution < 1.29 is 18.8 Å². The minimum Gasteiger partial charge on any atom is -0.370 e. The zero-order valence-corrected chi connectivity index (χ0v) is 14.7. The largest absolute Gasteiger partial charge is 0.370 e. The van der Waals surface area contributed by atoms with Crippen molar-refractivity contribution >= 4 is 11.6 Å². The molecule has 1 saturated heterocycles. The van der Waals surface area contributed by atoms with Crippen molar-refractivity contribution in [2.24, 2.45) is 5.10 Å². The fourth-order valence-corrected chi connectivity index (χ4v) is 3.25. The standard InChI is InChI=1S/C20H22FN3O2/c1-15(22-23-20(25)17-9-5-6-10-18(17)21)19(16-7-3-2-4-8-16)24-11-13-26-14-12-24/h2-10,19H,11-14H2,1H3,(H,23,25)/p+1/b22-15-/t19-/m1/s1. The van der Waals surface area contributed by atoms with Gasteiger partial charge in [-0.05, 0) is 19.1 Å². The number of quaternary nitrogens is 1. The van der Waals surface area contributed by atoms with Crippen molar-refractivity contribution in [3.8, 4) is 0 Å². The second-order valence-electron chi connectivity index (χ2n) is 6.29. The van der Waals surface area contributed by atoms with Gasteiger partial charge in [0.2, 0.25) is 0 Å². The Hall–Kier alpha value is -2.57. The quantitative estimate of drug-likeness (QED) is 0.631. The number of hydrogen-bond acceptors (Lipinski definition) is 3. The monoisotopic (exact) mass is 356 g/mol. The smallest absolute Gasteiger partial charge is 0.274 e. The molecule has 136 valence electrons. The van der Waals surface area contributed by atoms with Crippen LogP contribution < -0.4 is 10.3 Å². The average Bonchev–Trinajstić information content (AvgIpc) is 2.68. The molecule has 0 spiro atoms. The van der Waals surface area contributed by atoms with Crippen LogP contribution in [0.3, 0.4) is 0 Å². The number of nitrogens with zero attached hydrogens (tertiary/aromatic N) is 1. The number of carbonyl (C=O) groups excluding carboxylic acids is 1. The number of nitrogens with one attached hydrogen (secondary N) is 2. The molecule has 0 bridgehead atoms. The average molecular weight is 356 g/mol. The molecule has 1 atom stereocenters. The Kier molecular flexibility index (Phi) is 6.09. The lowest BCUT2D eigenvalue weighted by atomic mass is 10.0. The van der Waals surface area contributed by atoms with Gasteiger partial charge in [-0.15, -0.1) is 0 Å². The molecule has 0 aromatic heterocycles. The fraction of sp³-hybridized carbons (Fsp3) is 0.300. The minimum atomic E-state index is -0.559. The zero-order valence-electron chi connectivity index (χ0n) is 14.7. The number of hydrogen-bond donors (Lipinski definition) is 2. The summed E-state index contributed by atoms with van der Waals surface area (Å²) in [7, 11) is 0. The molecular formula is C20H23FN3O2+. The number of carbonyl (C=O) groups is 1. The number of hydrazone groups is 1. The molecule has 0 unspecified atom stereocenters. The van der Waals surface area contributed by atoms with E-state index in [0.29, 0.717) is 13.2 Å². The molecule has 0 aliphatic carbocycles. The normalized spacial score (nSPS) is 16.9. The van der Waals surface area contributed by atoms with Crippen molar-refractivity contribution in [3.63, 3.8) is 0 Å². The summed E-state index contributed by atoms with van der Waals surface area (Å²) in [6, 6.07) is 16.0. The van der Waals surface area contributed by atoms with Gasteiger partial charge >= 0.3 is 0 Å². The van der Waals surface area contributed by atoms with Crippen molar-refractivity contribution in [1.82, 2.24) is 5.43 Å². The summed E-state index contributed by atoms with van der Waals surface area (Å²) < 4.78 is 19.2. The Balaban J connectivity index is 1.80. The number of ether oxygens (including phenoxy) is 1. The zero-order chi connectivity index (χ0) is 18.4. The molecule has 2 aromatic carbocycles. The molecule has 26 heavy (non-hydrogen) atoms. The fourth-order valence-electron chi connectivity index (χ4n) is 3.25. The summed E-state index contributed by atoms with van der Waals surface area (Å²) >= 11 is 0. The van der Waals surface area contributed by atoms with Crippen LogP contribution in [-0.2, 0) is 4.74 Å². The summed E-state index contributed by atoms with van der Waals surface area (Å²) in [5.74, 6) is -1.11. The van der Waals surface area contributed by atoms with Crippen LogP contribution in [0.5, 0.6) is 0 Å². The first-order valence-corrected chi connectivity index (χ1v) is 8.73. The Bertz CT molecular complexity index is 774. The molecule has 1 aliphatic rings. The first-order chi connectivity index (χ1) is 12.7. The lowest BCUT2D eigenvalue weighted by Gasteiger charge is -2.31. The highest BCUT2D eigenvalue weighted by Gasteiger charge is 2.29. The molecule has 1 aliphatic heterocycles. The van der Waals surface area contributed by atoms with E-state index in [1.54, 1.807) is 12.1 Å². The van der Waals surface area contributed by atoms with E-state index in [0.717, 1.165) is 24.4 Å². The topological polar surface area (TPSA) is 55.1 Å². The summed E-state index contributed by atoms with van der Waals surface area (Å²) in [4.78, 5) is 13.6. The lowest BCUT2D eigenvalue weighted by Crippen LogP contribution is -3.15. The second-order valence-corrected chi connectivity index (χ2v) is 6.29.